The van der Waals surface area contributed by atoms with Gasteiger partial charge < -0.3 is 9.84 Å². The number of aryl methyl sites for hydroxylation is 3. The summed E-state index contributed by atoms with van der Waals surface area (Å²) in [6.07, 6.45) is 2.62. The number of nitrogens with zero attached hydrogens (tertiary/aromatic N) is 6. The van der Waals surface area contributed by atoms with E-state index in [0.717, 1.165) is 63.4 Å². The monoisotopic (exact) mass is 449 g/mol. The molecule has 0 aliphatic carbocycles. The maximum atomic E-state index is 11.2. The molecule has 0 spiro atoms. The molecule has 1 aliphatic rings. The molecule has 1 aliphatic heterocycles. The Kier molecular flexibility index (Phi) is 5.46. The van der Waals surface area contributed by atoms with Crippen molar-refractivity contribution < 1.29 is 9.84 Å². The Balaban J connectivity index is 1.64. The summed E-state index contributed by atoms with van der Waals surface area (Å²) >= 11 is 0. The van der Waals surface area contributed by atoms with E-state index in [9.17, 15) is 5.11 Å². The van der Waals surface area contributed by atoms with Gasteiger partial charge in [-0.25, -0.2) is 4.68 Å². The van der Waals surface area contributed by atoms with Gasteiger partial charge in [-0.15, -0.1) is 0 Å². The molecule has 0 fully saturated rings. The van der Waals surface area contributed by atoms with E-state index in [4.69, 9.17) is 4.74 Å². The van der Waals surface area contributed by atoms with Gasteiger partial charge >= 0.3 is 0 Å². The van der Waals surface area contributed by atoms with Crippen LogP contribution >= 0.6 is 0 Å². The van der Waals surface area contributed by atoms with E-state index in [1.807, 2.05) is 49.9 Å². The van der Waals surface area contributed by atoms with Crippen molar-refractivity contribution in [3.05, 3.63) is 47.0 Å². The number of hydrogen-bond donors (Lipinski definition) is 2. The van der Waals surface area contributed by atoms with Crippen molar-refractivity contribution in [2.24, 2.45) is 14.1 Å². The lowest BCUT2D eigenvalue weighted by Crippen LogP contribution is -2.29. The Labute approximate surface area is 193 Å². The lowest BCUT2D eigenvalue weighted by Gasteiger charge is -2.26. The molecule has 0 saturated carbocycles. The molecule has 0 saturated heterocycles. The van der Waals surface area contributed by atoms with Gasteiger partial charge in [-0.2, -0.15) is 15.3 Å². The molecule has 2 atom stereocenters. The van der Waals surface area contributed by atoms with E-state index in [-0.39, 0.29) is 5.92 Å². The highest BCUT2D eigenvalue weighted by Gasteiger charge is 2.28. The number of nitrogens with one attached hydrogen (secondary N) is 1. The van der Waals surface area contributed by atoms with Gasteiger partial charge in [0.2, 0.25) is 5.88 Å². The number of aromatic nitrogens is 6. The van der Waals surface area contributed by atoms with Crippen LogP contribution in [0.1, 0.15) is 48.1 Å². The summed E-state index contributed by atoms with van der Waals surface area (Å²) in [5.41, 5.74) is 6.89. The first-order valence-corrected chi connectivity index (χ1v) is 11.4. The fourth-order valence-electron chi connectivity index (χ4n) is 5.01. The Morgan fingerprint density at radius 1 is 1.18 bits per heavy atom. The van der Waals surface area contributed by atoms with Gasteiger partial charge in [0.1, 0.15) is 6.23 Å². The molecule has 4 aromatic rings. The molecular formula is C24H31N7O2. The number of H-pyrrole nitrogens is 1. The summed E-state index contributed by atoms with van der Waals surface area (Å²) in [5.74, 6) is 0.891. The molecule has 33 heavy (non-hydrogen) atoms. The van der Waals surface area contributed by atoms with Crippen LogP contribution in [0, 0.1) is 6.92 Å². The maximum Gasteiger partial charge on any atom is 0.219 e. The van der Waals surface area contributed by atoms with Crippen molar-refractivity contribution in [3.8, 4) is 17.0 Å². The van der Waals surface area contributed by atoms with Crippen molar-refractivity contribution >= 4 is 10.9 Å². The minimum Gasteiger partial charge on any atom is -0.477 e. The Bertz CT molecular complexity index is 1300. The van der Waals surface area contributed by atoms with Crippen LogP contribution in [0.2, 0.25) is 0 Å². The maximum absolute atomic E-state index is 11.2. The summed E-state index contributed by atoms with van der Waals surface area (Å²) in [6.45, 7) is 5.41. The lowest BCUT2D eigenvalue weighted by atomic mass is 9.92. The predicted octanol–water partition coefficient (Wildman–Crippen LogP) is 3.06. The fraction of sp³-hybridized carbons (Fsp3) is 0.458. The average Bonchev–Trinajstić information content (AvgIpc) is 3.44. The van der Waals surface area contributed by atoms with Gasteiger partial charge in [-0.3, -0.25) is 14.7 Å². The van der Waals surface area contributed by atoms with Crippen LogP contribution in [0.5, 0.6) is 5.88 Å². The van der Waals surface area contributed by atoms with Gasteiger partial charge in [0.25, 0.3) is 0 Å². The summed E-state index contributed by atoms with van der Waals surface area (Å²) in [6, 6.07) is 6.27. The van der Waals surface area contributed by atoms with Crippen molar-refractivity contribution in [1.29, 1.82) is 0 Å². The van der Waals surface area contributed by atoms with E-state index < -0.39 is 6.23 Å². The van der Waals surface area contributed by atoms with E-state index >= 15 is 0 Å². The summed E-state index contributed by atoms with van der Waals surface area (Å²) < 4.78 is 9.74. The van der Waals surface area contributed by atoms with Gasteiger partial charge in [0, 0.05) is 37.3 Å². The van der Waals surface area contributed by atoms with Crippen molar-refractivity contribution in [3.63, 3.8) is 0 Å². The number of benzene rings is 1. The average molecular weight is 450 g/mol. The third-order valence-corrected chi connectivity index (χ3v) is 6.70. The number of rotatable bonds is 0. The second kappa shape index (κ2) is 8.31. The van der Waals surface area contributed by atoms with Gasteiger partial charge in [-0.1, -0.05) is 13.0 Å². The highest BCUT2D eigenvalue weighted by molar-refractivity contribution is 5.87. The van der Waals surface area contributed by atoms with Crippen LogP contribution in [0.15, 0.2) is 24.4 Å². The molecular weight excluding hydrogens is 418 g/mol. The summed E-state index contributed by atoms with van der Waals surface area (Å²) in [5, 5.41) is 29.2. The van der Waals surface area contributed by atoms with Crippen LogP contribution in [0.4, 0.5) is 0 Å². The molecule has 9 nitrogen and oxygen atoms in total. The van der Waals surface area contributed by atoms with Crippen LogP contribution in [0.25, 0.3) is 22.0 Å². The highest BCUT2D eigenvalue weighted by atomic mass is 16.5. The Morgan fingerprint density at radius 3 is 2.82 bits per heavy atom. The van der Waals surface area contributed by atoms with E-state index in [1.165, 1.54) is 0 Å². The quantitative estimate of drug-likeness (QED) is 0.428. The van der Waals surface area contributed by atoms with Crippen LogP contribution in [0.3, 0.4) is 0 Å². The zero-order valence-electron chi connectivity index (χ0n) is 19.8. The molecule has 9 heteroatoms. The zero-order valence-corrected chi connectivity index (χ0v) is 19.8. The number of hydrogen-bond acceptors (Lipinski definition) is 6. The normalized spacial score (nSPS) is 20.1. The zero-order chi connectivity index (χ0) is 23.3. The molecule has 3 aromatic heterocycles. The largest absolute Gasteiger partial charge is 0.477 e. The smallest absolute Gasteiger partial charge is 0.219 e. The van der Waals surface area contributed by atoms with Crippen LogP contribution in [-0.2, 0) is 20.5 Å². The second-order valence-electron chi connectivity index (χ2n) is 9.09. The summed E-state index contributed by atoms with van der Waals surface area (Å²) in [7, 11) is 5.73. The summed E-state index contributed by atoms with van der Waals surface area (Å²) in [4.78, 5) is 1.95. The predicted molar refractivity (Wildman–Crippen MR) is 126 cm³/mol. The molecule has 2 bridgehead atoms. The number of ether oxygens (including phenoxy) is 1. The minimum absolute atomic E-state index is 0.147. The van der Waals surface area contributed by atoms with E-state index in [0.29, 0.717) is 13.2 Å². The third kappa shape index (κ3) is 3.71. The Morgan fingerprint density at radius 2 is 2.00 bits per heavy atom. The molecule has 174 valence electrons. The first-order valence-electron chi connectivity index (χ1n) is 11.4. The molecule has 5 rings (SSSR count). The number of aromatic amines is 1. The first-order chi connectivity index (χ1) is 15.8. The van der Waals surface area contributed by atoms with Crippen molar-refractivity contribution in [1.82, 2.24) is 34.7 Å². The topological polar surface area (TPSA) is 97.0 Å². The molecule has 1 aromatic carbocycles. The molecule has 0 radical (unpaired) electrons. The molecule has 2 unspecified atom stereocenters. The lowest BCUT2D eigenvalue weighted by molar-refractivity contribution is 0.0107. The number of aliphatic hydroxyl groups is 1. The molecule has 0 amide bonds. The second-order valence-corrected chi connectivity index (χ2v) is 9.09. The molecule has 2 N–H and O–H groups in total. The van der Waals surface area contributed by atoms with Crippen molar-refractivity contribution in [2.75, 3.05) is 20.2 Å². The fourth-order valence-corrected chi connectivity index (χ4v) is 5.01. The Hall–Kier alpha value is -3.17. The van der Waals surface area contributed by atoms with E-state index in [1.54, 1.807) is 4.68 Å². The van der Waals surface area contributed by atoms with Gasteiger partial charge in [0.15, 0.2) is 0 Å². The van der Waals surface area contributed by atoms with E-state index in [2.05, 4.69) is 39.5 Å². The van der Waals surface area contributed by atoms with Crippen LogP contribution < -0.4 is 4.74 Å². The standard InChI is InChI=1S/C24H31N7O2/c1-14-11-20-17-12-16(7-8-19(17)26-27-20)18-13-25-31(5)24(18)33-10-6-9-29(3)23(32)22-21(14)15(2)28-30(22)4/h7-8,12-14,23,32H,6,9-11H2,1-5H3,(H,26,27). The first kappa shape index (κ1) is 21.7. The SMILES string of the molecule is Cc1nn(C)c2c1C(C)Cc1[nH]nc3ccc(cc13)-c1cnn(C)c1OCCCN(C)C2O. The van der Waals surface area contributed by atoms with Crippen molar-refractivity contribution in [2.45, 2.75) is 38.8 Å². The number of fused-ring (bicyclic) bond motifs is 4. The van der Waals surface area contributed by atoms with Crippen LogP contribution in [-0.4, -0.2) is 60.0 Å². The molecule has 4 heterocycles. The minimum atomic E-state index is -0.751. The van der Waals surface area contributed by atoms with Gasteiger partial charge in [-0.05, 0) is 50.4 Å². The third-order valence-electron chi connectivity index (χ3n) is 6.70. The number of aliphatic hydroxyl groups excluding tert-OH is 1. The highest BCUT2D eigenvalue weighted by Crippen LogP contribution is 2.35. The van der Waals surface area contributed by atoms with Gasteiger partial charge in [0.05, 0.1) is 35.3 Å².